The van der Waals surface area contributed by atoms with Crippen LogP contribution in [0.15, 0.2) is 11.8 Å². The van der Waals surface area contributed by atoms with E-state index in [-0.39, 0.29) is 71.3 Å². The van der Waals surface area contributed by atoms with Crippen LogP contribution in [0, 0.1) is 105 Å². The highest BCUT2D eigenvalue weighted by Crippen LogP contribution is 2.71. The van der Waals surface area contributed by atoms with E-state index in [1.807, 2.05) is 20.8 Å². The molecule has 0 aromatic carbocycles. The van der Waals surface area contributed by atoms with Crippen molar-refractivity contribution in [3.05, 3.63) is 11.8 Å². The summed E-state index contributed by atoms with van der Waals surface area (Å²) in [6.45, 7) is 31.5. The van der Waals surface area contributed by atoms with Gasteiger partial charge < -0.3 is 38.3 Å². The molecule has 8 fully saturated rings. The molecule has 1 aliphatic heterocycles. The summed E-state index contributed by atoms with van der Waals surface area (Å²) in [5, 5.41) is 21.1. The Morgan fingerprint density at radius 2 is 1.08 bits per heavy atom. The summed E-state index contributed by atoms with van der Waals surface area (Å²) in [7, 11) is 1.29. The molecule has 0 amide bonds. The molecular weight excluding hydrogens is 949 g/mol. The largest absolute Gasteiger partial charge is 0.547 e. The van der Waals surface area contributed by atoms with Gasteiger partial charge in [0.25, 0.3) is 0 Å². The zero-order valence-electron chi connectivity index (χ0n) is 49.3. The van der Waals surface area contributed by atoms with Gasteiger partial charge in [0.1, 0.15) is 5.78 Å². The zero-order chi connectivity index (χ0) is 54.5. The van der Waals surface area contributed by atoms with Gasteiger partial charge >= 0.3 is 11.9 Å². The molecule has 0 aromatic rings. The number of allylic oxidation sites excluding steroid dienone is 2. The second-order valence-electron chi connectivity index (χ2n) is 28.2. The molecule has 20 atom stereocenters. The fourth-order valence-electron chi connectivity index (χ4n) is 19.1. The number of hydrogen-bond donors (Lipinski definition) is 2. The average molecular weight is 1060 g/mol. The van der Waals surface area contributed by atoms with E-state index in [2.05, 4.69) is 74.2 Å². The maximum absolute atomic E-state index is 14.0. The molecule has 424 valence electrons. The number of carbonyl (C=O) groups excluding carboxylic acids is 3. The number of Topliss-reactive ketones (excluding diaryl/α,β-unsaturated/α-hetero) is 1. The third-order valence-corrected chi connectivity index (χ3v) is 23.6. The standard InChI is InChI=1S/C29H50O3Si.C27H44O5.C6H12O3/c1-19-13-15-28(3)21(17-19)18-25(32-33(6,7)8)27-23-11-10-22(20(2)9-12-26(30)31-5)29(23,4)16-14-24(27)28;1-15(6-9-22(30)32-5)18-7-8-19-24-20(11-13-26(18,19)3)27(4)12-10-17(29)14-21(27)23(16(2)28)25(24)31;1-4-7-5(2)9-6(3)8-4/h18-24,27H,9-17H2,1-8H3;15-21,23-24,28-29H,6-14H2,1-5H3;4-6H,1-3H3/t19-,20-,21+,22-,23?,24?,27+,28+,29-;15-,16?,17-,18-,19?,20?,21+,23?,24+,26-,27-;/m11./s1. The van der Waals surface area contributed by atoms with Gasteiger partial charge in [-0.2, -0.15) is 0 Å². The Hall–Kier alpha value is -1.83. The predicted octanol–water partition coefficient (Wildman–Crippen LogP) is 13.3. The molecule has 0 aromatic heterocycles. The van der Waals surface area contributed by atoms with Gasteiger partial charge in [-0.25, -0.2) is 0 Å². The van der Waals surface area contributed by atoms with Crippen molar-refractivity contribution < 1.29 is 52.7 Å². The smallest absolute Gasteiger partial charge is 0.305 e. The Bertz CT molecular complexity index is 1940. The van der Waals surface area contributed by atoms with E-state index in [4.69, 9.17) is 28.1 Å². The molecule has 11 nitrogen and oxygen atoms in total. The lowest BCUT2D eigenvalue weighted by atomic mass is 9.41. The molecule has 12 heteroatoms. The molecule has 0 spiro atoms. The van der Waals surface area contributed by atoms with E-state index < -0.39 is 14.4 Å². The van der Waals surface area contributed by atoms with Crippen LogP contribution in [0.3, 0.4) is 0 Å². The SMILES string of the molecule is CC1OC(C)OC(C)O1.COC(=O)CC[C@@H](C)[C@H]1CCC2[C@@H]3C(=O)C(C(C)O)[C@@H]4C[C@H](O)CC[C@]4(C)C3CC[C@@]21C.COC(=O)CC[C@@H](C)[C@H]1CCC2[C@@H]3C(O[Si](C)(C)C)=C[C@@H]4C[C@H](C)CC[C@]4(C)C3CC[C@@]21C. The first-order chi connectivity index (χ1) is 34.6. The van der Waals surface area contributed by atoms with Crippen molar-refractivity contribution in [3.63, 3.8) is 0 Å². The number of fused-ring (bicyclic) bond motifs is 10. The van der Waals surface area contributed by atoms with Crippen LogP contribution in [-0.2, 0) is 42.5 Å². The second kappa shape index (κ2) is 23.5. The Balaban J connectivity index is 0.000000185. The average Bonchev–Trinajstić information content (AvgIpc) is 3.87. The topological polar surface area (TPSA) is 147 Å². The lowest BCUT2D eigenvalue weighted by molar-refractivity contribution is -0.367. The number of ketones is 1. The van der Waals surface area contributed by atoms with E-state index in [1.54, 1.807) is 6.92 Å². The minimum absolute atomic E-state index is 0.0232. The fraction of sp³-hybridized carbons (Fsp3) is 0.919. The van der Waals surface area contributed by atoms with Gasteiger partial charge in [-0.15, -0.1) is 0 Å². The van der Waals surface area contributed by atoms with Crippen LogP contribution >= 0.6 is 0 Å². The maximum Gasteiger partial charge on any atom is 0.305 e. The van der Waals surface area contributed by atoms with E-state index in [0.29, 0.717) is 77.4 Å². The van der Waals surface area contributed by atoms with Crippen LogP contribution in [0.2, 0.25) is 19.6 Å². The van der Waals surface area contributed by atoms with Crippen molar-refractivity contribution in [1.82, 2.24) is 0 Å². The molecule has 2 N–H and O–H groups in total. The van der Waals surface area contributed by atoms with Gasteiger partial charge in [0.15, 0.2) is 18.9 Å². The molecule has 9 rings (SSSR count). The third-order valence-electron chi connectivity index (χ3n) is 22.8. The molecule has 8 aliphatic carbocycles. The van der Waals surface area contributed by atoms with E-state index in [9.17, 15) is 24.6 Å². The van der Waals surface area contributed by atoms with Crippen molar-refractivity contribution in [2.24, 2.45) is 105 Å². The Kier molecular flexibility index (Phi) is 19.0. The number of aliphatic hydroxyl groups is 2. The Labute approximate surface area is 450 Å². The fourth-order valence-corrected chi connectivity index (χ4v) is 20.0. The molecule has 74 heavy (non-hydrogen) atoms. The Morgan fingerprint density at radius 3 is 1.55 bits per heavy atom. The molecule has 7 saturated carbocycles. The van der Waals surface area contributed by atoms with Gasteiger partial charge in [0.2, 0.25) is 8.32 Å². The summed E-state index contributed by atoms with van der Waals surface area (Å²) in [6.07, 6.45) is 20.3. The highest BCUT2D eigenvalue weighted by molar-refractivity contribution is 6.70. The molecular formula is C62H106O11Si. The minimum atomic E-state index is -1.68. The monoisotopic (exact) mass is 1050 g/mol. The van der Waals surface area contributed by atoms with Gasteiger partial charge in [-0.1, -0.05) is 54.9 Å². The molecule has 0 bridgehead atoms. The Morgan fingerprint density at radius 1 is 0.635 bits per heavy atom. The van der Waals surface area contributed by atoms with Crippen molar-refractivity contribution in [1.29, 1.82) is 0 Å². The quantitative estimate of drug-likeness (QED) is 0.151. The van der Waals surface area contributed by atoms with Gasteiger partial charge in [-0.3, -0.25) is 14.4 Å². The summed E-state index contributed by atoms with van der Waals surface area (Å²) in [6, 6.07) is 0. The summed E-state index contributed by atoms with van der Waals surface area (Å²) >= 11 is 0. The predicted molar refractivity (Wildman–Crippen MR) is 292 cm³/mol. The van der Waals surface area contributed by atoms with Crippen LogP contribution < -0.4 is 0 Å². The van der Waals surface area contributed by atoms with Crippen molar-refractivity contribution in [3.8, 4) is 0 Å². The zero-order valence-corrected chi connectivity index (χ0v) is 50.3. The molecule has 1 heterocycles. The number of rotatable bonds is 11. The van der Waals surface area contributed by atoms with Crippen molar-refractivity contribution in [2.45, 2.75) is 242 Å². The van der Waals surface area contributed by atoms with E-state index >= 15 is 0 Å². The van der Waals surface area contributed by atoms with Gasteiger partial charge in [0, 0.05) is 30.6 Å². The van der Waals surface area contributed by atoms with Crippen LogP contribution in [0.25, 0.3) is 0 Å². The van der Waals surface area contributed by atoms with E-state index in [1.165, 1.54) is 64.9 Å². The summed E-state index contributed by atoms with van der Waals surface area (Å²) in [4.78, 5) is 37.5. The normalized spacial score (nSPS) is 45.5. The molecule has 6 unspecified atom stereocenters. The van der Waals surface area contributed by atoms with Crippen LogP contribution in [0.4, 0.5) is 0 Å². The number of ether oxygens (including phenoxy) is 5. The summed E-state index contributed by atoms with van der Waals surface area (Å²) < 4.78 is 32.1. The lowest BCUT2D eigenvalue weighted by Gasteiger charge is -2.62. The van der Waals surface area contributed by atoms with Crippen molar-refractivity contribution >= 4 is 26.0 Å². The number of hydrogen-bond acceptors (Lipinski definition) is 11. The van der Waals surface area contributed by atoms with Crippen molar-refractivity contribution in [2.75, 3.05) is 14.2 Å². The first-order valence-electron chi connectivity index (χ1n) is 30.0. The minimum Gasteiger partial charge on any atom is -0.547 e. The third kappa shape index (κ3) is 12.0. The van der Waals surface area contributed by atoms with Crippen LogP contribution in [-0.4, -0.2) is 81.5 Å². The molecule has 9 aliphatic rings. The number of methoxy groups -OCH3 is 2. The lowest BCUT2D eigenvalue weighted by Crippen LogP contribution is -2.62. The number of aliphatic hydroxyl groups excluding tert-OH is 2. The second-order valence-corrected chi connectivity index (χ2v) is 32.6. The first kappa shape index (κ1) is 59.8. The summed E-state index contributed by atoms with van der Waals surface area (Å²) in [5.74, 6) is 7.83. The van der Waals surface area contributed by atoms with Gasteiger partial charge in [-0.05, 0) is 236 Å². The highest BCUT2D eigenvalue weighted by Gasteiger charge is 2.66. The van der Waals surface area contributed by atoms with Crippen LogP contribution in [0.1, 0.15) is 192 Å². The molecule has 0 radical (unpaired) electrons. The summed E-state index contributed by atoms with van der Waals surface area (Å²) in [5.41, 5.74) is 0.950. The maximum atomic E-state index is 14.0. The van der Waals surface area contributed by atoms with Gasteiger partial charge in [0.05, 0.1) is 32.2 Å². The number of carbonyl (C=O) groups is 3. The molecule has 1 saturated heterocycles. The van der Waals surface area contributed by atoms with E-state index in [0.717, 1.165) is 69.1 Å². The highest BCUT2D eigenvalue weighted by atomic mass is 28.4. The first-order valence-corrected chi connectivity index (χ1v) is 33.4. The number of esters is 2. The van der Waals surface area contributed by atoms with Crippen LogP contribution in [0.5, 0.6) is 0 Å².